The topological polar surface area (TPSA) is 64.0 Å². The molecule has 138 valence electrons. The van der Waals surface area contributed by atoms with Crippen LogP contribution in [-0.2, 0) is 11.3 Å². The number of carbonyl (C=O) groups is 1. The van der Waals surface area contributed by atoms with Gasteiger partial charge >= 0.3 is 0 Å². The molecule has 0 bridgehead atoms. The fraction of sp³-hybridized carbons (Fsp3) is 0.571. The van der Waals surface area contributed by atoms with Crippen LogP contribution in [-0.4, -0.2) is 21.5 Å². The first kappa shape index (κ1) is 17.3. The lowest BCUT2D eigenvalue weighted by molar-refractivity contribution is -0.122. The van der Waals surface area contributed by atoms with E-state index in [1.54, 1.807) is 17.0 Å². The molecule has 1 aromatic carbocycles. The first-order valence-corrected chi connectivity index (χ1v) is 9.94. The van der Waals surface area contributed by atoms with E-state index in [-0.39, 0.29) is 11.5 Å². The standard InChI is InChI=1S/C21H27N3O2/c25-20(23-17-10-9-15-5-1-2-6-16(15)13-17)11-12-24-14-22-19-8-4-3-7-18(19)21(24)26/h3-4,7-8,14-17H,1-2,5-6,9-13H2,(H,23,25)/t15-,16+,17+/m0/s1. The Kier molecular flexibility index (Phi) is 5.05. The largest absolute Gasteiger partial charge is 0.353 e. The maximum absolute atomic E-state index is 12.5. The molecule has 2 aliphatic carbocycles. The lowest BCUT2D eigenvalue weighted by atomic mass is 9.69. The molecular formula is C21H27N3O2. The Labute approximate surface area is 153 Å². The summed E-state index contributed by atoms with van der Waals surface area (Å²) in [5.41, 5.74) is 0.619. The van der Waals surface area contributed by atoms with Crippen LogP contribution in [0.2, 0.25) is 0 Å². The van der Waals surface area contributed by atoms with E-state index in [2.05, 4.69) is 10.3 Å². The van der Waals surface area contributed by atoms with Crippen molar-refractivity contribution in [1.29, 1.82) is 0 Å². The molecular weight excluding hydrogens is 326 g/mol. The fourth-order valence-electron chi connectivity index (χ4n) is 4.79. The van der Waals surface area contributed by atoms with E-state index in [0.717, 1.165) is 24.7 Å². The number of nitrogens with zero attached hydrogens (tertiary/aromatic N) is 2. The maximum atomic E-state index is 12.5. The molecule has 0 radical (unpaired) electrons. The number of fused-ring (bicyclic) bond motifs is 2. The number of aromatic nitrogens is 2. The third kappa shape index (κ3) is 3.67. The average molecular weight is 353 g/mol. The summed E-state index contributed by atoms with van der Waals surface area (Å²) >= 11 is 0. The van der Waals surface area contributed by atoms with E-state index in [1.165, 1.54) is 32.1 Å². The van der Waals surface area contributed by atoms with Crippen molar-refractivity contribution in [3.8, 4) is 0 Å². The number of carbonyl (C=O) groups excluding carboxylic acids is 1. The van der Waals surface area contributed by atoms with Crippen molar-refractivity contribution in [2.24, 2.45) is 11.8 Å². The van der Waals surface area contributed by atoms with Crippen LogP contribution >= 0.6 is 0 Å². The first-order chi connectivity index (χ1) is 12.7. The second kappa shape index (κ2) is 7.60. The van der Waals surface area contributed by atoms with Gasteiger partial charge in [0.05, 0.1) is 17.2 Å². The monoisotopic (exact) mass is 353 g/mol. The van der Waals surface area contributed by atoms with Gasteiger partial charge in [-0.3, -0.25) is 14.2 Å². The van der Waals surface area contributed by atoms with Crippen LogP contribution in [0.5, 0.6) is 0 Å². The van der Waals surface area contributed by atoms with Crippen LogP contribution in [0.1, 0.15) is 51.4 Å². The summed E-state index contributed by atoms with van der Waals surface area (Å²) in [6.45, 7) is 0.376. The first-order valence-electron chi connectivity index (χ1n) is 9.94. The van der Waals surface area contributed by atoms with Gasteiger partial charge in [0.1, 0.15) is 0 Å². The number of hydrogen-bond acceptors (Lipinski definition) is 3. The molecule has 26 heavy (non-hydrogen) atoms. The Hall–Kier alpha value is -2.17. The van der Waals surface area contributed by atoms with Crippen LogP contribution in [0, 0.1) is 11.8 Å². The maximum Gasteiger partial charge on any atom is 0.261 e. The van der Waals surface area contributed by atoms with Crippen molar-refractivity contribution in [3.63, 3.8) is 0 Å². The molecule has 2 fully saturated rings. The highest BCUT2D eigenvalue weighted by Crippen LogP contribution is 2.40. The van der Waals surface area contributed by atoms with Crippen LogP contribution < -0.4 is 10.9 Å². The van der Waals surface area contributed by atoms with E-state index in [1.807, 2.05) is 18.2 Å². The summed E-state index contributed by atoms with van der Waals surface area (Å²) in [4.78, 5) is 29.2. The van der Waals surface area contributed by atoms with Gasteiger partial charge in [-0.05, 0) is 43.2 Å². The number of para-hydroxylation sites is 1. The van der Waals surface area contributed by atoms with Crippen molar-refractivity contribution >= 4 is 16.8 Å². The molecule has 0 saturated heterocycles. The molecule has 3 atom stereocenters. The molecule has 1 aromatic heterocycles. The molecule has 5 heteroatoms. The summed E-state index contributed by atoms with van der Waals surface area (Å²) in [6, 6.07) is 7.63. The van der Waals surface area contributed by atoms with Gasteiger partial charge in [0.15, 0.2) is 0 Å². The number of aryl methyl sites for hydroxylation is 1. The van der Waals surface area contributed by atoms with Gasteiger partial charge in [0.2, 0.25) is 5.91 Å². The van der Waals surface area contributed by atoms with E-state index in [4.69, 9.17) is 0 Å². The Morgan fingerprint density at radius 2 is 1.92 bits per heavy atom. The predicted molar refractivity (Wildman–Crippen MR) is 102 cm³/mol. The van der Waals surface area contributed by atoms with Gasteiger partial charge in [-0.25, -0.2) is 4.98 Å². The number of hydrogen-bond donors (Lipinski definition) is 1. The third-order valence-corrected chi connectivity index (χ3v) is 6.22. The molecule has 1 heterocycles. The Morgan fingerprint density at radius 1 is 1.12 bits per heavy atom. The van der Waals surface area contributed by atoms with Gasteiger partial charge in [-0.1, -0.05) is 37.8 Å². The minimum Gasteiger partial charge on any atom is -0.353 e. The highest BCUT2D eigenvalue weighted by atomic mass is 16.2. The van der Waals surface area contributed by atoms with Crippen molar-refractivity contribution in [3.05, 3.63) is 40.9 Å². The summed E-state index contributed by atoms with van der Waals surface area (Å²) in [5, 5.41) is 3.81. The van der Waals surface area contributed by atoms with Gasteiger partial charge in [0, 0.05) is 19.0 Å². The molecule has 1 amide bonds. The minimum atomic E-state index is -0.0777. The van der Waals surface area contributed by atoms with E-state index >= 15 is 0 Å². The fourth-order valence-corrected chi connectivity index (χ4v) is 4.79. The van der Waals surface area contributed by atoms with E-state index in [9.17, 15) is 9.59 Å². The quantitative estimate of drug-likeness (QED) is 0.917. The SMILES string of the molecule is O=C(CCn1cnc2ccccc2c1=O)N[C@@H]1CC[C@@H]2CCCC[C@@H]2C1. The molecule has 0 aliphatic heterocycles. The lowest BCUT2D eigenvalue weighted by Gasteiger charge is -2.39. The highest BCUT2D eigenvalue weighted by Gasteiger charge is 2.32. The third-order valence-electron chi connectivity index (χ3n) is 6.22. The number of benzene rings is 1. The van der Waals surface area contributed by atoms with Crippen LogP contribution in [0.25, 0.3) is 10.9 Å². The smallest absolute Gasteiger partial charge is 0.261 e. The zero-order valence-electron chi connectivity index (χ0n) is 15.2. The summed E-state index contributed by atoms with van der Waals surface area (Å²) in [5.74, 6) is 1.73. The molecule has 2 aliphatic rings. The van der Waals surface area contributed by atoms with Crippen LogP contribution in [0.3, 0.4) is 0 Å². The minimum absolute atomic E-state index is 0.0457. The van der Waals surface area contributed by atoms with Crippen molar-refractivity contribution in [2.45, 2.75) is 64.0 Å². The van der Waals surface area contributed by atoms with Gasteiger partial charge in [-0.15, -0.1) is 0 Å². The Balaban J connectivity index is 1.33. The molecule has 0 spiro atoms. The lowest BCUT2D eigenvalue weighted by Crippen LogP contribution is -2.42. The Bertz CT molecular complexity index is 845. The van der Waals surface area contributed by atoms with Gasteiger partial charge in [0.25, 0.3) is 5.56 Å². The van der Waals surface area contributed by atoms with E-state index in [0.29, 0.717) is 29.9 Å². The molecule has 2 saturated carbocycles. The van der Waals surface area contributed by atoms with Crippen molar-refractivity contribution < 1.29 is 4.79 Å². The van der Waals surface area contributed by atoms with Crippen molar-refractivity contribution in [2.75, 3.05) is 0 Å². The zero-order chi connectivity index (χ0) is 17.9. The summed E-state index contributed by atoms with van der Waals surface area (Å²) < 4.78 is 1.54. The number of amides is 1. The van der Waals surface area contributed by atoms with Gasteiger partial charge in [-0.2, -0.15) is 0 Å². The molecule has 1 N–H and O–H groups in total. The second-order valence-electron chi connectivity index (χ2n) is 7.89. The zero-order valence-corrected chi connectivity index (χ0v) is 15.2. The highest BCUT2D eigenvalue weighted by molar-refractivity contribution is 5.77. The summed E-state index contributed by atoms with van der Waals surface area (Å²) in [7, 11) is 0. The van der Waals surface area contributed by atoms with Crippen molar-refractivity contribution in [1.82, 2.24) is 14.9 Å². The molecule has 2 aromatic rings. The predicted octanol–water partition coefficient (Wildman–Crippen LogP) is 3.26. The number of nitrogens with one attached hydrogen (secondary N) is 1. The Morgan fingerprint density at radius 3 is 2.81 bits per heavy atom. The second-order valence-corrected chi connectivity index (χ2v) is 7.89. The van der Waals surface area contributed by atoms with E-state index < -0.39 is 0 Å². The molecule has 0 unspecified atom stereocenters. The number of rotatable bonds is 4. The summed E-state index contributed by atoms with van der Waals surface area (Å²) in [6.07, 6.45) is 10.8. The average Bonchev–Trinajstić information content (AvgIpc) is 2.67. The van der Waals surface area contributed by atoms with Crippen LogP contribution in [0.15, 0.2) is 35.4 Å². The molecule has 5 nitrogen and oxygen atoms in total. The van der Waals surface area contributed by atoms with Gasteiger partial charge < -0.3 is 5.32 Å². The molecule has 4 rings (SSSR count). The van der Waals surface area contributed by atoms with Crippen LogP contribution in [0.4, 0.5) is 0 Å². The normalized spacial score (nSPS) is 25.6.